The van der Waals surface area contributed by atoms with E-state index in [1.807, 2.05) is 30.3 Å². The highest BCUT2D eigenvalue weighted by atomic mass is 35.5. The lowest BCUT2D eigenvalue weighted by atomic mass is 10.3. The molecule has 0 aliphatic heterocycles. The normalized spacial score (nSPS) is 9.79. The Labute approximate surface area is 87.1 Å². The van der Waals surface area contributed by atoms with Crippen molar-refractivity contribution in [1.82, 2.24) is 4.98 Å². The second-order valence-corrected chi connectivity index (χ2v) is 3.04. The third-order valence-corrected chi connectivity index (χ3v) is 1.90. The van der Waals surface area contributed by atoms with Gasteiger partial charge in [0, 0.05) is 12.3 Å². The van der Waals surface area contributed by atoms with Crippen molar-refractivity contribution in [3.8, 4) is 11.6 Å². The molecule has 1 aromatic heterocycles. The van der Waals surface area contributed by atoms with Gasteiger partial charge in [0.05, 0.1) is 0 Å². The molecule has 2 aromatic rings. The number of hydrogen-bond donors (Lipinski definition) is 0. The number of aromatic nitrogens is 1. The molecule has 69 valence electrons. The molecule has 0 unspecified atom stereocenters. The van der Waals surface area contributed by atoms with Crippen molar-refractivity contribution in [3.05, 3.63) is 53.7 Å². The van der Waals surface area contributed by atoms with Crippen molar-refractivity contribution >= 4 is 11.6 Å². The van der Waals surface area contributed by atoms with Gasteiger partial charge in [-0.3, -0.25) is 0 Å². The van der Waals surface area contributed by atoms with Crippen LogP contribution in [0.2, 0.25) is 5.02 Å². The molecule has 0 saturated carbocycles. The molecule has 0 N–H and O–H groups in total. The lowest BCUT2D eigenvalue weighted by Gasteiger charge is -2.04. The average Bonchev–Trinajstić information content (AvgIpc) is 2.23. The number of ether oxygens (including phenoxy) is 1. The van der Waals surface area contributed by atoms with Crippen LogP contribution in [0.3, 0.4) is 0 Å². The van der Waals surface area contributed by atoms with Crippen molar-refractivity contribution in [1.29, 1.82) is 0 Å². The molecule has 0 atom stereocenters. The SMILES string of the molecule is Clc1c[c]cnc1Oc1ccccc1. The van der Waals surface area contributed by atoms with Crippen molar-refractivity contribution < 1.29 is 4.74 Å². The molecular formula is C11H7ClNO. The number of nitrogens with zero attached hydrogens (tertiary/aromatic N) is 1. The van der Waals surface area contributed by atoms with E-state index in [-0.39, 0.29) is 0 Å². The van der Waals surface area contributed by atoms with Gasteiger partial charge in [-0.25, -0.2) is 4.98 Å². The molecule has 0 bridgehead atoms. The van der Waals surface area contributed by atoms with Crippen molar-refractivity contribution in [2.45, 2.75) is 0 Å². The molecule has 1 radical (unpaired) electrons. The summed E-state index contributed by atoms with van der Waals surface area (Å²) in [7, 11) is 0. The summed E-state index contributed by atoms with van der Waals surface area (Å²) >= 11 is 5.86. The Bertz CT molecular complexity index is 417. The molecule has 2 nitrogen and oxygen atoms in total. The minimum atomic E-state index is 0.400. The fourth-order valence-electron chi connectivity index (χ4n) is 1.00. The zero-order chi connectivity index (χ0) is 9.80. The van der Waals surface area contributed by atoms with E-state index in [0.29, 0.717) is 16.7 Å². The minimum absolute atomic E-state index is 0.400. The number of benzene rings is 1. The number of pyridine rings is 1. The van der Waals surface area contributed by atoms with Gasteiger partial charge < -0.3 is 4.74 Å². The maximum absolute atomic E-state index is 5.86. The predicted octanol–water partition coefficient (Wildman–Crippen LogP) is 3.33. The van der Waals surface area contributed by atoms with Crippen molar-refractivity contribution in [2.24, 2.45) is 0 Å². The van der Waals surface area contributed by atoms with Gasteiger partial charge >= 0.3 is 0 Å². The standard InChI is InChI=1S/C11H7ClNO/c12-10-7-4-8-13-11(10)14-9-5-2-1-3-6-9/h1-3,5-8H. The summed E-state index contributed by atoms with van der Waals surface area (Å²) in [5.74, 6) is 1.12. The second kappa shape index (κ2) is 4.11. The Morgan fingerprint density at radius 1 is 1.21 bits per heavy atom. The van der Waals surface area contributed by atoms with Crippen LogP contribution in [-0.2, 0) is 0 Å². The maximum Gasteiger partial charge on any atom is 0.238 e. The third-order valence-electron chi connectivity index (χ3n) is 1.63. The topological polar surface area (TPSA) is 22.1 Å². The van der Waals surface area contributed by atoms with Crippen LogP contribution in [0.1, 0.15) is 0 Å². The first-order valence-electron chi connectivity index (χ1n) is 4.11. The number of para-hydroxylation sites is 1. The summed E-state index contributed by atoms with van der Waals surface area (Å²) in [5.41, 5.74) is 0. The van der Waals surface area contributed by atoms with Gasteiger partial charge in [0.2, 0.25) is 5.88 Å². The largest absolute Gasteiger partial charge is 0.438 e. The van der Waals surface area contributed by atoms with Gasteiger partial charge in [-0.05, 0) is 18.2 Å². The van der Waals surface area contributed by atoms with Crippen LogP contribution >= 0.6 is 11.6 Å². The van der Waals surface area contributed by atoms with E-state index in [9.17, 15) is 0 Å². The minimum Gasteiger partial charge on any atom is -0.438 e. The van der Waals surface area contributed by atoms with Crippen molar-refractivity contribution in [3.63, 3.8) is 0 Å². The monoisotopic (exact) mass is 204 g/mol. The Hall–Kier alpha value is -1.54. The number of halogens is 1. The van der Waals surface area contributed by atoms with Crippen molar-refractivity contribution in [2.75, 3.05) is 0 Å². The van der Waals surface area contributed by atoms with E-state index in [0.717, 1.165) is 0 Å². The lowest BCUT2D eigenvalue weighted by molar-refractivity contribution is 0.463. The van der Waals surface area contributed by atoms with Crippen LogP contribution in [0.4, 0.5) is 0 Å². The van der Waals surface area contributed by atoms with E-state index >= 15 is 0 Å². The first-order valence-corrected chi connectivity index (χ1v) is 4.48. The molecule has 14 heavy (non-hydrogen) atoms. The van der Waals surface area contributed by atoms with Gasteiger partial charge in [0.15, 0.2) is 0 Å². The Balaban J connectivity index is 2.24. The zero-order valence-electron chi connectivity index (χ0n) is 7.27. The molecular weight excluding hydrogens is 198 g/mol. The molecule has 0 saturated heterocycles. The van der Waals surface area contributed by atoms with Gasteiger partial charge in [0.25, 0.3) is 0 Å². The first-order chi connectivity index (χ1) is 6.86. The van der Waals surface area contributed by atoms with E-state index in [4.69, 9.17) is 16.3 Å². The summed E-state index contributed by atoms with van der Waals surface area (Å²) in [6, 6.07) is 13.8. The fraction of sp³-hybridized carbons (Fsp3) is 0. The van der Waals surface area contributed by atoms with Crippen LogP contribution < -0.4 is 4.74 Å². The van der Waals surface area contributed by atoms with Crippen LogP contribution in [-0.4, -0.2) is 4.98 Å². The van der Waals surface area contributed by atoms with E-state index in [1.165, 1.54) is 6.20 Å². The Morgan fingerprint density at radius 3 is 2.71 bits per heavy atom. The maximum atomic E-state index is 5.86. The van der Waals surface area contributed by atoms with Crippen LogP contribution in [0, 0.1) is 6.07 Å². The van der Waals surface area contributed by atoms with Gasteiger partial charge in [0.1, 0.15) is 10.8 Å². The van der Waals surface area contributed by atoms with Gasteiger partial charge in [-0.2, -0.15) is 0 Å². The van der Waals surface area contributed by atoms with E-state index in [1.54, 1.807) is 6.07 Å². The predicted molar refractivity (Wildman–Crippen MR) is 54.6 cm³/mol. The zero-order valence-corrected chi connectivity index (χ0v) is 8.03. The molecule has 3 heteroatoms. The molecule has 1 heterocycles. The first kappa shape index (κ1) is 9.03. The summed E-state index contributed by atoms with van der Waals surface area (Å²) in [5, 5.41) is 0.455. The average molecular weight is 205 g/mol. The molecule has 2 rings (SSSR count). The fourth-order valence-corrected chi connectivity index (χ4v) is 1.16. The Kier molecular flexibility index (Phi) is 2.65. The molecule has 1 aromatic carbocycles. The second-order valence-electron chi connectivity index (χ2n) is 2.64. The highest BCUT2D eigenvalue weighted by Crippen LogP contribution is 2.25. The number of hydrogen-bond acceptors (Lipinski definition) is 2. The molecule has 0 amide bonds. The molecule has 0 aliphatic carbocycles. The molecule has 0 spiro atoms. The third kappa shape index (κ3) is 2.03. The highest BCUT2D eigenvalue weighted by Gasteiger charge is 2.02. The lowest BCUT2D eigenvalue weighted by Crippen LogP contribution is -1.87. The summed E-state index contributed by atoms with van der Waals surface area (Å²) in [4.78, 5) is 3.96. The quantitative estimate of drug-likeness (QED) is 0.749. The van der Waals surface area contributed by atoms with Crippen LogP contribution in [0.15, 0.2) is 42.6 Å². The Morgan fingerprint density at radius 2 is 2.00 bits per heavy atom. The van der Waals surface area contributed by atoms with Gasteiger partial charge in [-0.15, -0.1) is 0 Å². The molecule has 0 aliphatic rings. The highest BCUT2D eigenvalue weighted by molar-refractivity contribution is 6.31. The van der Waals surface area contributed by atoms with Crippen LogP contribution in [0.5, 0.6) is 11.6 Å². The summed E-state index contributed by atoms with van der Waals surface area (Å²) < 4.78 is 5.45. The smallest absolute Gasteiger partial charge is 0.238 e. The van der Waals surface area contributed by atoms with Crippen LogP contribution in [0.25, 0.3) is 0 Å². The number of rotatable bonds is 2. The molecule has 0 fully saturated rings. The van der Waals surface area contributed by atoms with Gasteiger partial charge in [-0.1, -0.05) is 29.8 Å². The van der Waals surface area contributed by atoms with E-state index < -0.39 is 0 Å². The summed E-state index contributed by atoms with van der Waals surface area (Å²) in [6.45, 7) is 0. The van der Waals surface area contributed by atoms with E-state index in [2.05, 4.69) is 11.1 Å². The summed E-state index contributed by atoms with van der Waals surface area (Å²) in [6.07, 6.45) is 1.52.